The molecule has 2 saturated heterocycles. The zero-order valence-corrected chi connectivity index (χ0v) is 20.9. The molecule has 0 amide bonds. The van der Waals surface area contributed by atoms with Gasteiger partial charge in [-0.1, -0.05) is 0 Å². The number of hydrogen-bond acceptors (Lipinski definition) is 14. The predicted molar refractivity (Wildman–Crippen MR) is 133 cm³/mol. The molecule has 0 aliphatic carbocycles. The van der Waals surface area contributed by atoms with Crippen molar-refractivity contribution >= 4 is 11.0 Å². The fraction of sp³-hybridized carbons (Fsp3) is 0.423. The molecule has 40 heavy (non-hydrogen) atoms. The van der Waals surface area contributed by atoms with Gasteiger partial charge in [-0.2, -0.15) is 0 Å². The molecule has 2 fully saturated rings. The maximum Gasteiger partial charge on any atom is 0.197 e. The molecule has 2 aromatic carbocycles. The lowest BCUT2D eigenvalue weighted by molar-refractivity contribution is -0.331. The monoisotopic (exact) mass is 564 g/mol. The quantitative estimate of drug-likeness (QED) is 0.178. The van der Waals surface area contributed by atoms with Crippen molar-refractivity contribution in [3.05, 3.63) is 46.1 Å². The molecule has 1 aromatic heterocycles. The van der Waals surface area contributed by atoms with Crippen molar-refractivity contribution in [2.45, 2.75) is 62.0 Å². The summed E-state index contributed by atoms with van der Waals surface area (Å²) in [7, 11) is 0. The van der Waals surface area contributed by atoms with Crippen molar-refractivity contribution in [2.75, 3.05) is 6.61 Å². The van der Waals surface area contributed by atoms with E-state index in [1.165, 1.54) is 19.1 Å². The van der Waals surface area contributed by atoms with Gasteiger partial charge in [0.15, 0.2) is 23.2 Å². The number of phenols is 4. The molecule has 9 N–H and O–H groups in total. The molecule has 9 atom stereocenters. The predicted octanol–water partition coefficient (Wildman–Crippen LogP) is -0.712. The standard InChI is InChI=1S/C26H28O14/c1-8-19(32)22(35)23(36)26(38-8)40-25-20(33)14(31)7-37-24(25)18-13(30)6-16-17(21(18)34)12(29)5-15(39-16)9-2-3-10(27)11(28)4-9/h2-6,8,14,19-20,22-28,30-36H,7H2,1H3/t8-,14+,19-,20-,22+,23+,24-,25+,26-/m0/s1. The Morgan fingerprint density at radius 3 is 2.27 bits per heavy atom. The summed E-state index contributed by atoms with van der Waals surface area (Å²) in [4.78, 5) is 13.1. The first-order chi connectivity index (χ1) is 18.9. The Kier molecular flexibility index (Phi) is 7.37. The first kappa shape index (κ1) is 28.1. The average Bonchev–Trinajstić information content (AvgIpc) is 2.90. The minimum absolute atomic E-state index is 0.0497. The maximum atomic E-state index is 13.1. The summed E-state index contributed by atoms with van der Waals surface area (Å²) in [5.41, 5.74) is -1.19. The normalized spacial score (nSPS) is 32.8. The maximum absolute atomic E-state index is 13.1. The summed E-state index contributed by atoms with van der Waals surface area (Å²) in [6.45, 7) is 0.941. The van der Waals surface area contributed by atoms with Crippen LogP contribution in [0, 0.1) is 0 Å². The Morgan fingerprint density at radius 1 is 0.850 bits per heavy atom. The van der Waals surface area contributed by atoms with E-state index in [1.807, 2.05) is 0 Å². The van der Waals surface area contributed by atoms with Crippen LogP contribution in [0.25, 0.3) is 22.3 Å². The third kappa shape index (κ3) is 4.74. The van der Waals surface area contributed by atoms with Crippen LogP contribution in [0.2, 0.25) is 0 Å². The minimum Gasteiger partial charge on any atom is -0.507 e. The highest BCUT2D eigenvalue weighted by Crippen LogP contribution is 2.45. The van der Waals surface area contributed by atoms with Gasteiger partial charge >= 0.3 is 0 Å². The van der Waals surface area contributed by atoms with Crippen LogP contribution in [0.4, 0.5) is 0 Å². The summed E-state index contributed by atoms with van der Waals surface area (Å²) >= 11 is 0. The van der Waals surface area contributed by atoms with E-state index in [9.17, 15) is 50.8 Å². The van der Waals surface area contributed by atoms with Gasteiger partial charge in [0.05, 0.1) is 18.3 Å². The van der Waals surface area contributed by atoms with Gasteiger partial charge in [-0.05, 0) is 25.1 Å². The van der Waals surface area contributed by atoms with Crippen molar-refractivity contribution < 1.29 is 64.6 Å². The molecule has 14 heteroatoms. The molecule has 3 aromatic rings. The van der Waals surface area contributed by atoms with Crippen LogP contribution in [-0.4, -0.2) is 102 Å². The molecule has 0 bridgehead atoms. The zero-order valence-electron chi connectivity index (χ0n) is 20.9. The molecule has 2 aliphatic heterocycles. The van der Waals surface area contributed by atoms with Crippen LogP contribution >= 0.6 is 0 Å². The topological polar surface area (TPSA) is 240 Å². The van der Waals surface area contributed by atoms with Gasteiger partial charge in [0, 0.05) is 17.7 Å². The second-order valence-corrected chi connectivity index (χ2v) is 9.80. The number of aromatic hydroxyl groups is 4. The number of rotatable bonds is 4. The number of benzene rings is 2. The summed E-state index contributed by atoms with van der Waals surface area (Å²) < 4.78 is 22.4. The van der Waals surface area contributed by atoms with Gasteiger partial charge in [-0.15, -0.1) is 0 Å². The van der Waals surface area contributed by atoms with Crippen molar-refractivity contribution in [3.63, 3.8) is 0 Å². The Bertz CT molecular complexity index is 1470. The van der Waals surface area contributed by atoms with E-state index >= 15 is 0 Å². The van der Waals surface area contributed by atoms with E-state index in [0.717, 1.165) is 18.2 Å². The first-order valence-electron chi connectivity index (χ1n) is 12.3. The number of fused-ring (bicyclic) bond motifs is 1. The van der Waals surface area contributed by atoms with E-state index in [1.54, 1.807) is 0 Å². The van der Waals surface area contributed by atoms with Crippen molar-refractivity contribution in [3.8, 4) is 34.3 Å². The molecule has 216 valence electrons. The molecule has 2 aliphatic rings. The van der Waals surface area contributed by atoms with Gasteiger partial charge < -0.3 is 64.6 Å². The van der Waals surface area contributed by atoms with Gasteiger partial charge in [-0.3, -0.25) is 4.79 Å². The van der Waals surface area contributed by atoms with Crippen LogP contribution in [-0.2, 0) is 14.2 Å². The molecule has 0 saturated carbocycles. The molecule has 0 unspecified atom stereocenters. The van der Waals surface area contributed by atoms with Crippen molar-refractivity contribution in [1.29, 1.82) is 0 Å². The van der Waals surface area contributed by atoms with Crippen molar-refractivity contribution in [1.82, 2.24) is 0 Å². The number of hydrogen-bond donors (Lipinski definition) is 9. The van der Waals surface area contributed by atoms with Crippen LogP contribution in [0.3, 0.4) is 0 Å². The van der Waals surface area contributed by atoms with Crippen LogP contribution < -0.4 is 5.43 Å². The third-order valence-electron chi connectivity index (χ3n) is 7.13. The van der Waals surface area contributed by atoms with E-state index in [-0.39, 0.29) is 22.3 Å². The van der Waals surface area contributed by atoms with Gasteiger partial charge in [0.1, 0.15) is 71.0 Å². The number of aliphatic hydroxyl groups is 5. The summed E-state index contributed by atoms with van der Waals surface area (Å²) in [6.07, 6.45) is -13.8. The molecule has 5 rings (SSSR count). The minimum atomic E-state index is -1.78. The van der Waals surface area contributed by atoms with Crippen LogP contribution in [0.15, 0.2) is 39.5 Å². The zero-order chi connectivity index (χ0) is 29.0. The number of aliphatic hydroxyl groups excluding tert-OH is 5. The fourth-order valence-corrected chi connectivity index (χ4v) is 4.88. The van der Waals surface area contributed by atoms with Gasteiger partial charge in [0.2, 0.25) is 0 Å². The van der Waals surface area contributed by atoms with E-state index in [2.05, 4.69) is 0 Å². The molecular formula is C26H28O14. The average molecular weight is 564 g/mol. The fourth-order valence-electron chi connectivity index (χ4n) is 4.88. The second-order valence-electron chi connectivity index (χ2n) is 9.80. The highest BCUT2D eigenvalue weighted by molar-refractivity contribution is 5.88. The lowest BCUT2D eigenvalue weighted by Crippen LogP contribution is -2.60. The molecule has 0 spiro atoms. The van der Waals surface area contributed by atoms with Crippen LogP contribution in [0.1, 0.15) is 18.6 Å². The molecule has 3 heterocycles. The summed E-state index contributed by atoms with van der Waals surface area (Å²) in [5.74, 6) is -2.33. The SMILES string of the molecule is C[C@@H]1O[C@@H](O[C@@H]2[C@@H](O)[C@H](O)CO[C@H]2c2c(O)cc3oc(-c4ccc(O)c(O)c4)cc(=O)c3c2O)[C@H](O)[C@H](O)[C@H]1O. The summed E-state index contributed by atoms with van der Waals surface area (Å²) in [5, 5.41) is 92.4. The van der Waals surface area contributed by atoms with Gasteiger partial charge in [0.25, 0.3) is 0 Å². The molecule has 14 nitrogen and oxygen atoms in total. The lowest BCUT2D eigenvalue weighted by atomic mass is 9.91. The Balaban J connectivity index is 1.56. The Hall–Kier alpha value is -3.47. The molecular weight excluding hydrogens is 536 g/mol. The number of phenolic OH excluding ortho intramolecular Hbond substituents is 4. The van der Waals surface area contributed by atoms with Gasteiger partial charge in [-0.25, -0.2) is 0 Å². The second kappa shape index (κ2) is 10.5. The third-order valence-corrected chi connectivity index (χ3v) is 7.13. The van der Waals surface area contributed by atoms with E-state index in [0.29, 0.717) is 0 Å². The van der Waals surface area contributed by atoms with Crippen LogP contribution in [0.5, 0.6) is 23.0 Å². The first-order valence-corrected chi connectivity index (χ1v) is 12.3. The highest BCUT2D eigenvalue weighted by atomic mass is 16.7. The Morgan fingerprint density at radius 2 is 1.57 bits per heavy atom. The Labute approximate surface area is 225 Å². The van der Waals surface area contributed by atoms with E-state index in [4.69, 9.17) is 18.6 Å². The van der Waals surface area contributed by atoms with Crippen molar-refractivity contribution in [2.24, 2.45) is 0 Å². The molecule has 0 radical (unpaired) electrons. The largest absolute Gasteiger partial charge is 0.507 e. The number of ether oxygens (including phenoxy) is 3. The summed E-state index contributed by atoms with van der Waals surface area (Å²) in [6, 6.07) is 5.73. The lowest BCUT2D eigenvalue weighted by Gasteiger charge is -2.44. The smallest absolute Gasteiger partial charge is 0.197 e. The highest BCUT2D eigenvalue weighted by Gasteiger charge is 2.49. The van der Waals surface area contributed by atoms with E-state index < -0.39 is 95.7 Å².